The molecule has 0 atom stereocenters. The molecule has 0 fully saturated rings. The van der Waals surface area contributed by atoms with Gasteiger partial charge in [-0.15, -0.1) is 0 Å². The van der Waals surface area contributed by atoms with Gasteiger partial charge < -0.3 is 24.6 Å². The van der Waals surface area contributed by atoms with Gasteiger partial charge in [-0.1, -0.05) is 11.6 Å². The molecule has 0 radical (unpaired) electrons. The van der Waals surface area contributed by atoms with Crippen LogP contribution in [-0.2, 0) is 6.54 Å². The first-order valence-electron chi connectivity index (χ1n) is 7.64. The molecule has 2 aromatic rings. The predicted octanol–water partition coefficient (Wildman–Crippen LogP) is 4.07. The van der Waals surface area contributed by atoms with Crippen LogP contribution >= 0.6 is 11.6 Å². The van der Waals surface area contributed by atoms with E-state index >= 15 is 0 Å². The molecule has 0 aliphatic heterocycles. The smallest absolute Gasteiger partial charge is 0.335 e. The predicted molar refractivity (Wildman–Crippen MR) is 96.5 cm³/mol. The molecular weight excluding hydrogens is 346 g/mol. The van der Waals surface area contributed by atoms with Gasteiger partial charge in [0.1, 0.15) is 5.75 Å². The number of rotatable bonds is 8. The van der Waals surface area contributed by atoms with E-state index in [0.29, 0.717) is 41.1 Å². The molecule has 0 aromatic heterocycles. The number of benzene rings is 2. The first-order chi connectivity index (χ1) is 12.0. The lowest BCUT2D eigenvalue weighted by Crippen LogP contribution is -2.07. The molecule has 134 valence electrons. The maximum absolute atomic E-state index is 11.2. The number of ether oxygens (including phenoxy) is 3. The number of hydrogen-bond acceptors (Lipinski definition) is 5. The zero-order valence-electron chi connectivity index (χ0n) is 14.3. The number of carboxylic acids is 1. The molecule has 2 rings (SSSR count). The highest BCUT2D eigenvalue weighted by Crippen LogP contribution is 2.36. The molecule has 2 N–H and O–H groups in total. The van der Waals surface area contributed by atoms with Crippen LogP contribution in [0.5, 0.6) is 17.2 Å². The Kier molecular flexibility index (Phi) is 6.36. The SMILES string of the molecule is CCOc1c(CNc2cc(C(=O)O)ccc2OC)cc(Cl)cc1OC. The van der Waals surface area contributed by atoms with Crippen molar-refractivity contribution in [1.82, 2.24) is 0 Å². The fourth-order valence-corrected chi connectivity index (χ4v) is 2.61. The van der Waals surface area contributed by atoms with E-state index in [1.165, 1.54) is 19.2 Å². The molecule has 0 bridgehead atoms. The van der Waals surface area contributed by atoms with Crippen molar-refractivity contribution in [3.05, 3.63) is 46.5 Å². The van der Waals surface area contributed by atoms with Gasteiger partial charge in [0.2, 0.25) is 0 Å². The second-order valence-corrected chi connectivity index (χ2v) is 5.54. The molecular formula is C18H20ClNO5. The standard InChI is InChI=1S/C18H20ClNO5/c1-4-25-17-12(7-13(19)9-16(17)24-3)10-20-14-8-11(18(21)22)5-6-15(14)23-2/h5-9,20H,4,10H2,1-3H3,(H,21,22). The van der Waals surface area contributed by atoms with E-state index in [9.17, 15) is 4.79 Å². The summed E-state index contributed by atoms with van der Waals surface area (Å²) in [5.74, 6) is 0.662. The summed E-state index contributed by atoms with van der Waals surface area (Å²) in [4.78, 5) is 11.2. The molecule has 0 aliphatic rings. The van der Waals surface area contributed by atoms with E-state index in [-0.39, 0.29) is 5.56 Å². The number of nitrogens with one attached hydrogen (secondary N) is 1. The van der Waals surface area contributed by atoms with Crippen LogP contribution < -0.4 is 19.5 Å². The summed E-state index contributed by atoms with van der Waals surface area (Å²) in [7, 11) is 3.07. The van der Waals surface area contributed by atoms with Crippen molar-refractivity contribution >= 4 is 23.3 Å². The van der Waals surface area contributed by atoms with E-state index in [1.807, 2.05) is 6.92 Å². The van der Waals surface area contributed by atoms with Crippen LogP contribution in [0, 0.1) is 0 Å². The summed E-state index contributed by atoms with van der Waals surface area (Å²) in [5.41, 5.74) is 1.51. The molecule has 6 nitrogen and oxygen atoms in total. The van der Waals surface area contributed by atoms with Gasteiger partial charge in [-0.2, -0.15) is 0 Å². The zero-order valence-corrected chi connectivity index (χ0v) is 15.0. The van der Waals surface area contributed by atoms with Crippen LogP contribution in [0.25, 0.3) is 0 Å². The Bertz CT molecular complexity index is 763. The minimum atomic E-state index is -1.01. The van der Waals surface area contributed by atoms with Gasteiger partial charge >= 0.3 is 5.97 Å². The van der Waals surface area contributed by atoms with E-state index in [4.69, 9.17) is 30.9 Å². The maximum Gasteiger partial charge on any atom is 0.335 e. The molecule has 7 heteroatoms. The normalized spacial score (nSPS) is 10.2. The number of halogens is 1. The summed E-state index contributed by atoms with van der Waals surface area (Å²) < 4.78 is 16.3. The Labute approximate surface area is 151 Å². The van der Waals surface area contributed by atoms with E-state index in [0.717, 1.165) is 5.56 Å². The summed E-state index contributed by atoms with van der Waals surface area (Å²) in [5, 5.41) is 12.8. The lowest BCUT2D eigenvalue weighted by atomic mass is 10.1. The molecule has 0 saturated carbocycles. The van der Waals surface area contributed by atoms with Crippen LogP contribution in [-0.4, -0.2) is 31.9 Å². The average Bonchev–Trinajstić information content (AvgIpc) is 2.61. The highest BCUT2D eigenvalue weighted by atomic mass is 35.5. The quantitative estimate of drug-likeness (QED) is 0.734. The summed E-state index contributed by atoms with van der Waals surface area (Å²) in [6.45, 7) is 2.71. The minimum absolute atomic E-state index is 0.164. The highest BCUT2D eigenvalue weighted by Gasteiger charge is 2.14. The minimum Gasteiger partial charge on any atom is -0.495 e. The molecule has 25 heavy (non-hydrogen) atoms. The van der Waals surface area contributed by atoms with Gasteiger partial charge in [0.15, 0.2) is 11.5 Å². The van der Waals surface area contributed by atoms with Gasteiger partial charge in [-0.25, -0.2) is 4.79 Å². The third-order valence-electron chi connectivity index (χ3n) is 3.52. The Morgan fingerprint density at radius 3 is 2.48 bits per heavy atom. The summed E-state index contributed by atoms with van der Waals surface area (Å²) in [6.07, 6.45) is 0. The number of aromatic carboxylic acids is 1. The Balaban J connectivity index is 2.33. The van der Waals surface area contributed by atoms with Crippen molar-refractivity contribution in [3.8, 4) is 17.2 Å². The molecule has 0 unspecified atom stereocenters. The third-order valence-corrected chi connectivity index (χ3v) is 3.74. The third kappa shape index (κ3) is 4.48. The van der Waals surface area contributed by atoms with Crippen molar-refractivity contribution < 1.29 is 24.1 Å². The van der Waals surface area contributed by atoms with Gasteiger partial charge in [0, 0.05) is 23.2 Å². The molecule has 0 saturated heterocycles. The number of anilines is 1. The monoisotopic (exact) mass is 365 g/mol. The van der Waals surface area contributed by atoms with Crippen molar-refractivity contribution in [2.75, 3.05) is 26.1 Å². The second-order valence-electron chi connectivity index (χ2n) is 5.10. The molecule has 0 aliphatic carbocycles. The van der Waals surface area contributed by atoms with Crippen LogP contribution in [0.15, 0.2) is 30.3 Å². The van der Waals surface area contributed by atoms with Crippen molar-refractivity contribution in [2.24, 2.45) is 0 Å². The van der Waals surface area contributed by atoms with Crippen LogP contribution in [0.4, 0.5) is 5.69 Å². The van der Waals surface area contributed by atoms with Gasteiger partial charge in [0.05, 0.1) is 32.1 Å². The first kappa shape index (κ1) is 18.7. The van der Waals surface area contributed by atoms with Gasteiger partial charge in [-0.05, 0) is 31.2 Å². The van der Waals surface area contributed by atoms with Crippen LogP contribution in [0.1, 0.15) is 22.8 Å². The lowest BCUT2D eigenvalue weighted by Gasteiger charge is -2.17. The Morgan fingerprint density at radius 2 is 1.88 bits per heavy atom. The fraction of sp³-hybridized carbons (Fsp3) is 0.278. The fourth-order valence-electron chi connectivity index (χ4n) is 2.38. The lowest BCUT2D eigenvalue weighted by molar-refractivity contribution is 0.0697. The average molecular weight is 366 g/mol. The molecule has 0 spiro atoms. The molecule has 0 heterocycles. The number of carbonyl (C=O) groups is 1. The molecule has 0 amide bonds. The summed E-state index contributed by atoms with van der Waals surface area (Å²) >= 11 is 6.14. The zero-order chi connectivity index (χ0) is 18.4. The van der Waals surface area contributed by atoms with Crippen molar-refractivity contribution in [3.63, 3.8) is 0 Å². The van der Waals surface area contributed by atoms with Gasteiger partial charge in [0.25, 0.3) is 0 Å². The van der Waals surface area contributed by atoms with E-state index in [1.54, 1.807) is 25.3 Å². The number of methoxy groups -OCH3 is 2. The van der Waals surface area contributed by atoms with E-state index in [2.05, 4.69) is 5.32 Å². The van der Waals surface area contributed by atoms with Crippen LogP contribution in [0.3, 0.4) is 0 Å². The largest absolute Gasteiger partial charge is 0.495 e. The van der Waals surface area contributed by atoms with Gasteiger partial charge in [-0.3, -0.25) is 0 Å². The number of carboxylic acid groups (broad SMARTS) is 1. The molecule has 2 aromatic carbocycles. The van der Waals surface area contributed by atoms with Crippen molar-refractivity contribution in [1.29, 1.82) is 0 Å². The Hall–Kier alpha value is -2.60. The first-order valence-corrected chi connectivity index (χ1v) is 8.02. The summed E-state index contributed by atoms with van der Waals surface area (Å²) in [6, 6.07) is 8.06. The van der Waals surface area contributed by atoms with Crippen molar-refractivity contribution in [2.45, 2.75) is 13.5 Å². The topological polar surface area (TPSA) is 77.0 Å². The highest BCUT2D eigenvalue weighted by molar-refractivity contribution is 6.30. The Morgan fingerprint density at radius 1 is 1.16 bits per heavy atom. The second kappa shape index (κ2) is 8.48. The maximum atomic E-state index is 11.2. The van der Waals surface area contributed by atoms with E-state index < -0.39 is 5.97 Å². The van der Waals surface area contributed by atoms with Crippen LogP contribution in [0.2, 0.25) is 5.02 Å². The number of hydrogen-bond donors (Lipinski definition) is 2.